The summed E-state index contributed by atoms with van der Waals surface area (Å²) >= 11 is 0. The van der Waals surface area contributed by atoms with E-state index in [0.717, 1.165) is 36.4 Å². The van der Waals surface area contributed by atoms with Crippen LogP contribution in [-0.2, 0) is 6.54 Å². The van der Waals surface area contributed by atoms with Gasteiger partial charge >= 0.3 is 0 Å². The molecular weight excluding hydrogens is 234 g/mol. The number of hydrogen-bond acceptors (Lipinski definition) is 3. The molecule has 0 aromatic carbocycles. The van der Waals surface area contributed by atoms with Gasteiger partial charge in [0.05, 0.1) is 5.69 Å². The summed E-state index contributed by atoms with van der Waals surface area (Å²) in [6, 6.07) is 6.30. The zero-order valence-corrected chi connectivity index (χ0v) is 12.9. The fraction of sp³-hybridized carbons (Fsp3) is 0.688. The molecule has 1 aromatic rings. The number of aromatic nitrogens is 1. The molecule has 19 heavy (non-hydrogen) atoms. The Bertz CT molecular complexity index is 422. The van der Waals surface area contributed by atoms with Gasteiger partial charge in [-0.25, -0.2) is 4.98 Å². The molecular formula is C16H27N3. The summed E-state index contributed by atoms with van der Waals surface area (Å²) in [6.45, 7) is 10.8. The van der Waals surface area contributed by atoms with Crippen molar-refractivity contribution in [3.63, 3.8) is 0 Å². The minimum absolute atomic E-state index is 0.132. The molecule has 1 aromatic heterocycles. The molecule has 3 nitrogen and oxygen atoms in total. The van der Waals surface area contributed by atoms with Crippen LogP contribution in [0.15, 0.2) is 18.2 Å². The van der Waals surface area contributed by atoms with Gasteiger partial charge in [-0.1, -0.05) is 13.0 Å². The second-order valence-electron chi connectivity index (χ2n) is 6.94. The molecule has 0 bridgehead atoms. The molecule has 1 aliphatic rings. The first-order valence-corrected chi connectivity index (χ1v) is 7.27. The SMILES string of the molecule is CC1CC1CN(C)c1cccc(CNC(C)(C)C)n1. The largest absolute Gasteiger partial charge is 0.359 e. The third-order valence-corrected chi connectivity index (χ3v) is 3.77. The Kier molecular flexibility index (Phi) is 4.14. The van der Waals surface area contributed by atoms with Crippen LogP contribution in [0.1, 0.15) is 39.8 Å². The third kappa shape index (κ3) is 4.50. The first-order chi connectivity index (χ1) is 8.85. The van der Waals surface area contributed by atoms with Crippen LogP contribution >= 0.6 is 0 Å². The van der Waals surface area contributed by atoms with Crippen LogP contribution in [0.3, 0.4) is 0 Å². The Balaban J connectivity index is 1.94. The van der Waals surface area contributed by atoms with Crippen LogP contribution in [0.2, 0.25) is 0 Å². The zero-order chi connectivity index (χ0) is 14.0. The first-order valence-electron chi connectivity index (χ1n) is 7.27. The van der Waals surface area contributed by atoms with Crippen LogP contribution in [0.4, 0.5) is 5.82 Å². The van der Waals surface area contributed by atoms with Gasteiger partial charge in [-0.3, -0.25) is 0 Å². The topological polar surface area (TPSA) is 28.2 Å². The van der Waals surface area contributed by atoms with Crippen molar-refractivity contribution in [2.45, 2.75) is 46.2 Å². The second kappa shape index (κ2) is 5.49. The molecule has 3 heteroatoms. The van der Waals surface area contributed by atoms with Crippen LogP contribution < -0.4 is 10.2 Å². The highest BCUT2D eigenvalue weighted by molar-refractivity contribution is 5.38. The maximum absolute atomic E-state index is 4.75. The van der Waals surface area contributed by atoms with Gasteiger partial charge in [0.15, 0.2) is 0 Å². The molecule has 1 fully saturated rings. The fourth-order valence-corrected chi connectivity index (χ4v) is 2.23. The summed E-state index contributed by atoms with van der Waals surface area (Å²) in [6.07, 6.45) is 1.37. The molecule has 0 amide bonds. The van der Waals surface area contributed by atoms with E-state index in [2.05, 4.69) is 63.2 Å². The Morgan fingerprint density at radius 2 is 2.05 bits per heavy atom. The van der Waals surface area contributed by atoms with Crippen molar-refractivity contribution in [1.29, 1.82) is 0 Å². The Morgan fingerprint density at radius 1 is 1.37 bits per heavy atom. The average Bonchev–Trinajstić information content (AvgIpc) is 3.02. The molecule has 1 N–H and O–H groups in total. The van der Waals surface area contributed by atoms with E-state index >= 15 is 0 Å². The molecule has 0 radical (unpaired) electrons. The lowest BCUT2D eigenvalue weighted by molar-refractivity contribution is 0.421. The average molecular weight is 261 g/mol. The van der Waals surface area contributed by atoms with Gasteiger partial charge in [0, 0.05) is 25.7 Å². The van der Waals surface area contributed by atoms with E-state index in [-0.39, 0.29) is 5.54 Å². The maximum atomic E-state index is 4.75. The van der Waals surface area contributed by atoms with Crippen molar-refractivity contribution in [3.05, 3.63) is 23.9 Å². The Morgan fingerprint density at radius 3 is 2.63 bits per heavy atom. The highest BCUT2D eigenvalue weighted by Gasteiger charge is 2.33. The standard InChI is InChI=1S/C16H27N3/c1-12-9-13(12)11-19(5)15-8-6-7-14(18-15)10-17-16(2,3)4/h6-8,12-13,17H,9-11H2,1-5H3. The van der Waals surface area contributed by atoms with Crippen molar-refractivity contribution in [2.24, 2.45) is 11.8 Å². The van der Waals surface area contributed by atoms with Crippen molar-refractivity contribution >= 4 is 5.82 Å². The van der Waals surface area contributed by atoms with Gasteiger partial charge in [-0.15, -0.1) is 0 Å². The van der Waals surface area contributed by atoms with E-state index in [1.165, 1.54) is 6.42 Å². The number of rotatable bonds is 5. The van der Waals surface area contributed by atoms with Crippen LogP contribution in [0.5, 0.6) is 0 Å². The highest BCUT2D eigenvalue weighted by atomic mass is 15.2. The molecule has 0 saturated heterocycles. The zero-order valence-electron chi connectivity index (χ0n) is 12.9. The highest BCUT2D eigenvalue weighted by Crippen LogP contribution is 2.38. The molecule has 0 spiro atoms. The molecule has 1 heterocycles. The van der Waals surface area contributed by atoms with Crippen LogP contribution in [0, 0.1) is 11.8 Å². The van der Waals surface area contributed by atoms with Crippen LogP contribution in [-0.4, -0.2) is 24.1 Å². The third-order valence-electron chi connectivity index (χ3n) is 3.77. The predicted molar refractivity (Wildman–Crippen MR) is 81.4 cm³/mol. The van der Waals surface area contributed by atoms with E-state index < -0.39 is 0 Å². The van der Waals surface area contributed by atoms with Crippen molar-refractivity contribution < 1.29 is 0 Å². The number of hydrogen-bond donors (Lipinski definition) is 1. The lowest BCUT2D eigenvalue weighted by Crippen LogP contribution is -2.35. The van der Waals surface area contributed by atoms with Gasteiger partial charge < -0.3 is 10.2 Å². The number of pyridine rings is 1. The van der Waals surface area contributed by atoms with E-state index in [1.54, 1.807) is 0 Å². The molecule has 1 saturated carbocycles. The maximum Gasteiger partial charge on any atom is 0.128 e. The van der Waals surface area contributed by atoms with E-state index in [9.17, 15) is 0 Å². The van der Waals surface area contributed by atoms with Gasteiger partial charge in [0.1, 0.15) is 5.82 Å². The van der Waals surface area contributed by atoms with Crippen molar-refractivity contribution in [2.75, 3.05) is 18.5 Å². The number of nitrogens with zero attached hydrogens (tertiary/aromatic N) is 2. The molecule has 1 aliphatic carbocycles. The summed E-state index contributed by atoms with van der Waals surface area (Å²) in [5, 5.41) is 3.48. The summed E-state index contributed by atoms with van der Waals surface area (Å²) in [4.78, 5) is 7.03. The number of nitrogens with one attached hydrogen (secondary N) is 1. The van der Waals surface area contributed by atoms with Crippen molar-refractivity contribution in [1.82, 2.24) is 10.3 Å². The van der Waals surface area contributed by atoms with Gasteiger partial charge in [0.2, 0.25) is 0 Å². The van der Waals surface area contributed by atoms with Crippen LogP contribution in [0.25, 0.3) is 0 Å². The molecule has 2 rings (SSSR count). The minimum atomic E-state index is 0.132. The molecule has 106 valence electrons. The van der Waals surface area contributed by atoms with Gasteiger partial charge in [-0.05, 0) is 51.2 Å². The molecule has 0 aliphatic heterocycles. The summed E-state index contributed by atoms with van der Waals surface area (Å²) in [7, 11) is 2.15. The minimum Gasteiger partial charge on any atom is -0.359 e. The lowest BCUT2D eigenvalue weighted by atomic mass is 10.1. The van der Waals surface area contributed by atoms with E-state index in [1.807, 2.05) is 0 Å². The summed E-state index contributed by atoms with van der Waals surface area (Å²) < 4.78 is 0. The van der Waals surface area contributed by atoms with Gasteiger partial charge in [-0.2, -0.15) is 0 Å². The smallest absolute Gasteiger partial charge is 0.128 e. The summed E-state index contributed by atoms with van der Waals surface area (Å²) in [5.74, 6) is 2.85. The molecule has 2 unspecified atom stereocenters. The second-order valence-corrected chi connectivity index (χ2v) is 6.94. The number of anilines is 1. The van der Waals surface area contributed by atoms with E-state index in [4.69, 9.17) is 4.98 Å². The quantitative estimate of drug-likeness (QED) is 0.883. The Labute approximate surface area is 117 Å². The lowest BCUT2D eigenvalue weighted by Gasteiger charge is -2.22. The monoisotopic (exact) mass is 261 g/mol. The van der Waals surface area contributed by atoms with Gasteiger partial charge in [0.25, 0.3) is 0 Å². The molecule has 2 atom stereocenters. The predicted octanol–water partition coefficient (Wildman–Crippen LogP) is 3.06. The van der Waals surface area contributed by atoms with E-state index in [0.29, 0.717) is 0 Å². The summed E-state index contributed by atoms with van der Waals surface area (Å²) in [5.41, 5.74) is 1.25. The first kappa shape index (κ1) is 14.3. The van der Waals surface area contributed by atoms with Crippen molar-refractivity contribution in [3.8, 4) is 0 Å². The normalized spacial score (nSPS) is 22.4. The Hall–Kier alpha value is -1.09. The fourth-order valence-electron chi connectivity index (χ4n) is 2.23.